The number of hydrogen-bond acceptors (Lipinski definition) is 3. The zero-order chi connectivity index (χ0) is 15.3. The maximum Gasteiger partial charge on any atom is 0.394 e. The number of halogens is 1. The van der Waals surface area contributed by atoms with Gasteiger partial charge in [0, 0.05) is 30.4 Å². The topological polar surface area (TPSA) is 38.7 Å². The molecule has 0 bridgehead atoms. The van der Waals surface area contributed by atoms with Gasteiger partial charge in [0.1, 0.15) is 0 Å². The van der Waals surface area contributed by atoms with E-state index in [4.69, 9.17) is 14.3 Å². The summed E-state index contributed by atoms with van der Waals surface area (Å²) >= 11 is 0. The van der Waals surface area contributed by atoms with Crippen molar-refractivity contribution in [3.63, 3.8) is 0 Å². The summed E-state index contributed by atoms with van der Waals surface area (Å²) in [5, 5.41) is 8.09. The van der Waals surface area contributed by atoms with Crippen molar-refractivity contribution in [3.05, 3.63) is 0 Å². The van der Waals surface area contributed by atoms with Gasteiger partial charge >= 0.3 is 8.65 Å². The first kappa shape index (κ1) is 19.0. The first-order valence-electron chi connectivity index (χ1n) is 6.96. The lowest BCUT2D eigenvalue weighted by Gasteiger charge is -2.45. The minimum absolute atomic E-state index is 0.00709. The Kier molecular flexibility index (Phi) is 7.16. The molecule has 0 aromatic heterocycles. The molecule has 0 fully saturated rings. The molecule has 0 saturated heterocycles. The van der Waals surface area contributed by atoms with E-state index in [2.05, 4.69) is 0 Å². The first-order valence-corrected chi connectivity index (χ1v) is 8.74. The lowest BCUT2D eigenvalue weighted by atomic mass is 10.2. The van der Waals surface area contributed by atoms with Crippen LogP contribution in [0.5, 0.6) is 0 Å². The summed E-state index contributed by atoms with van der Waals surface area (Å²) < 4.78 is 26.6. The molecule has 3 nitrogen and oxygen atoms in total. The molecule has 0 radical (unpaired) electrons. The molecule has 0 aromatic carbocycles. The monoisotopic (exact) mass is 294 g/mol. The van der Waals surface area contributed by atoms with Crippen molar-refractivity contribution in [1.82, 2.24) is 0 Å². The molecule has 0 heterocycles. The lowest BCUT2D eigenvalue weighted by Crippen LogP contribution is -2.53. The molecule has 0 rings (SSSR count). The molecule has 5 heteroatoms. The Morgan fingerprint density at radius 3 is 1.84 bits per heavy atom. The Hall–Kier alpha value is 0.0269. The average Bonchev–Trinajstić information content (AvgIpc) is 2.22. The van der Waals surface area contributed by atoms with E-state index in [0.717, 1.165) is 0 Å². The van der Waals surface area contributed by atoms with Crippen LogP contribution in [0.25, 0.3) is 0 Å². The van der Waals surface area contributed by atoms with Crippen molar-refractivity contribution in [2.75, 3.05) is 20.3 Å². The van der Waals surface area contributed by atoms with Crippen molar-refractivity contribution >= 4 is 8.65 Å². The molecular formula is C14H31FO3Si. The fraction of sp³-hybridized carbons (Fsp3) is 1.00. The first-order chi connectivity index (χ1) is 8.49. The molecule has 0 aliphatic carbocycles. The quantitative estimate of drug-likeness (QED) is 0.573. The van der Waals surface area contributed by atoms with E-state index in [9.17, 15) is 0 Å². The van der Waals surface area contributed by atoms with Crippen molar-refractivity contribution in [2.45, 2.75) is 70.6 Å². The summed E-state index contributed by atoms with van der Waals surface area (Å²) in [5.41, 5.74) is 0. The largest absolute Gasteiger partial charge is 0.396 e. The molecule has 19 heavy (non-hydrogen) atoms. The second-order valence-electron chi connectivity index (χ2n) is 7.13. The fourth-order valence-electron chi connectivity index (χ4n) is 2.36. The molecule has 1 N–H and O–H groups in total. The smallest absolute Gasteiger partial charge is 0.394 e. The second kappa shape index (κ2) is 7.15. The predicted molar refractivity (Wildman–Crippen MR) is 79.4 cm³/mol. The summed E-state index contributed by atoms with van der Waals surface area (Å²) in [6.45, 7) is 11.9. The van der Waals surface area contributed by atoms with E-state index >= 15 is 4.11 Å². The predicted octanol–water partition coefficient (Wildman–Crippen LogP) is 3.80. The van der Waals surface area contributed by atoms with Gasteiger partial charge in [-0.05, 0) is 12.8 Å². The van der Waals surface area contributed by atoms with E-state index < -0.39 is 18.7 Å². The van der Waals surface area contributed by atoms with Crippen LogP contribution in [0.1, 0.15) is 54.4 Å². The highest BCUT2D eigenvalue weighted by Gasteiger charge is 2.58. The molecule has 0 saturated carbocycles. The Morgan fingerprint density at radius 2 is 1.53 bits per heavy atom. The van der Waals surface area contributed by atoms with Crippen LogP contribution in [0.4, 0.5) is 4.11 Å². The molecule has 0 spiro atoms. The standard InChI is InChI=1S/C14H31FO3Si/c1-13(2,3)19(15,14(4,5)6)18-12(8-10-16)9-11-17-7/h12,16H,8-11H2,1-7H3. The van der Waals surface area contributed by atoms with E-state index in [1.165, 1.54) is 0 Å². The third-order valence-corrected chi connectivity index (χ3v) is 7.87. The third kappa shape index (κ3) is 5.14. The van der Waals surface area contributed by atoms with Gasteiger partial charge in [-0.1, -0.05) is 41.5 Å². The van der Waals surface area contributed by atoms with Crippen molar-refractivity contribution < 1.29 is 18.4 Å². The lowest BCUT2D eigenvalue weighted by molar-refractivity contribution is 0.0738. The summed E-state index contributed by atoms with van der Waals surface area (Å²) in [6.07, 6.45) is 0.788. The highest BCUT2D eigenvalue weighted by Crippen LogP contribution is 2.53. The molecule has 116 valence electrons. The van der Waals surface area contributed by atoms with Crippen LogP contribution < -0.4 is 0 Å². The van der Waals surface area contributed by atoms with Gasteiger partial charge in [0.2, 0.25) is 0 Å². The molecule has 0 amide bonds. The van der Waals surface area contributed by atoms with Crippen molar-refractivity contribution in [2.24, 2.45) is 0 Å². The second-order valence-corrected chi connectivity index (χ2v) is 11.6. The van der Waals surface area contributed by atoms with Crippen molar-refractivity contribution in [1.29, 1.82) is 0 Å². The molecule has 0 aromatic rings. The van der Waals surface area contributed by atoms with Crippen LogP contribution in [-0.4, -0.2) is 40.2 Å². The van der Waals surface area contributed by atoms with Gasteiger partial charge in [0.25, 0.3) is 0 Å². The molecular weight excluding hydrogens is 263 g/mol. The zero-order valence-corrected chi connectivity index (χ0v) is 14.5. The summed E-state index contributed by atoms with van der Waals surface area (Å²) in [7, 11) is -1.85. The Morgan fingerprint density at radius 1 is 1.05 bits per heavy atom. The van der Waals surface area contributed by atoms with Gasteiger partial charge in [0.05, 0.1) is 6.10 Å². The average molecular weight is 294 g/mol. The maximum atomic E-state index is 15.6. The van der Waals surface area contributed by atoms with Crippen molar-refractivity contribution in [3.8, 4) is 0 Å². The number of aliphatic hydroxyl groups is 1. The van der Waals surface area contributed by atoms with E-state index in [0.29, 0.717) is 19.4 Å². The van der Waals surface area contributed by atoms with Gasteiger partial charge in [0.15, 0.2) is 0 Å². The Bertz CT molecular complexity index is 244. The number of rotatable bonds is 7. The number of aliphatic hydroxyl groups excluding tert-OH is 1. The molecule has 0 aliphatic heterocycles. The third-order valence-electron chi connectivity index (χ3n) is 3.35. The normalized spacial score (nSPS) is 15.6. The van der Waals surface area contributed by atoms with Gasteiger partial charge in [-0.2, -0.15) is 0 Å². The van der Waals surface area contributed by atoms with Crippen LogP contribution in [0.2, 0.25) is 10.1 Å². The van der Waals surface area contributed by atoms with Crippen LogP contribution in [0, 0.1) is 0 Å². The number of methoxy groups -OCH3 is 1. The SMILES string of the molecule is COCCC(CCO)O[Si](F)(C(C)(C)C)C(C)(C)C. The minimum Gasteiger partial charge on any atom is -0.396 e. The van der Waals surface area contributed by atoms with Crippen LogP contribution in [0.3, 0.4) is 0 Å². The zero-order valence-electron chi connectivity index (χ0n) is 13.5. The fourth-order valence-corrected chi connectivity index (χ4v) is 6.02. The van der Waals surface area contributed by atoms with Crippen LogP contribution in [-0.2, 0) is 9.16 Å². The number of hydrogen-bond donors (Lipinski definition) is 1. The Balaban J connectivity index is 5.08. The van der Waals surface area contributed by atoms with Gasteiger partial charge in [-0.15, -0.1) is 0 Å². The summed E-state index contributed by atoms with van der Waals surface area (Å²) in [6, 6.07) is 0. The molecule has 1 unspecified atom stereocenters. The molecule has 1 atom stereocenters. The number of ether oxygens (including phenoxy) is 1. The van der Waals surface area contributed by atoms with Gasteiger partial charge in [-0.25, -0.2) is 0 Å². The molecule has 0 aliphatic rings. The highest BCUT2D eigenvalue weighted by molar-refractivity contribution is 6.72. The maximum absolute atomic E-state index is 15.6. The summed E-state index contributed by atoms with van der Waals surface area (Å²) in [5.74, 6) is 0. The minimum atomic E-state index is -3.47. The van der Waals surface area contributed by atoms with E-state index in [-0.39, 0.29) is 12.7 Å². The summed E-state index contributed by atoms with van der Waals surface area (Å²) in [4.78, 5) is 0. The van der Waals surface area contributed by atoms with Crippen LogP contribution in [0.15, 0.2) is 0 Å². The van der Waals surface area contributed by atoms with E-state index in [1.807, 2.05) is 41.5 Å². The Labute approximate surface area is 118 Å². The van der Waals surface area contributed by atoms with E-state index in [1.54, 1.807) is 7.11 Å². The van der Waals surface area contributed by atoms with Crippen LogP contribution >= 0.6 is 0 Å². The van der Waals surface area contributed by atoms with Gasteiger partial charge in [-0.3, -0.25) is 4.11 Å². The highest BCUT2D eigenvalue weighted by atomic mass is 28.4. The van der Waals surface area contributed by atoms with Gasteiger partial charge < -0.3 is 14.3 Å².